The van der Waals surface area contributed by atoms with Crippen molar-refractivity contribution < 1.29 is 13.2 Å². The van der Waals surface area contributed by atoms with Crippen molar-refractivity contribution >= 4 is 27.3 Å². The first-order chi connectivity index (χ1) is 8.27. The number of alkyl halides is 1. The first-order valence-electron chi connectivity index (χ1n) is 5.37. The molecule has 1 atom stereocenters. The molecule has 0 saturated carbocycles. The molecule has 1 rings (SSSR count). The highest BCUT2D eigenvalue weighted by atomic mass is 35.5. The summed E-state index contributed by atoms with van der Waals surface area (Å²) in [5, 5.41) is 2.67. The fraction of sp³-hybridized carbons (Fsp3) is 0.417. The number of sulfone groups is 1. The van der Waals surface area contributed by atoms with Crippen LogP contribution in [0, 0.1) is 0 Å². The lowest BCUT2D eigenvalue weighted by Gasteiger charge is -2.29. The molecule has 0 spiro atoms. The summed E-state index contributed by atoms with van der Waals surface area (Å²) >= 11 is 5.89. The van der Waals surface area contributed by atoms with Gasteiger partial charge in [-0.05, 0) is 12.5 Å². The lowest BCUT2D eigenvalue weighted by molar-refractivity contribution is -0.120. The number of halogens is 1. The minimum Gasteiger partial charge on any atom is -0.345 e. The van der Waals surface area contributed by atoms with E-state index in [1.54, 1.807) is 6.92 Å². The largest absolute Gasteiger partial charge is 0.345 e. The number of hydrogen-bond acceptors (Lipinski definition) is 3. The number of carbonyl (C=O) groups excluding carboxylic acids is 1. The van der Waals surface area contributed by atoms with E-state index in [1.807, 2.05) is 30.3 Å². The average molecular weight is 290 g/mol. The summed E-state index contributed by atoms with van der Waals surface area (Å²) in [5.74, 6) is -0.928. The van der Waals surface area contributed by atoms with Gasteiger partial charge in [-0.15, -0.1) is 11.6 Å². The van der Waals surface area contributed by atoms with E-state index in [0.717, 1.165) is 11.8 Å². The molecule has 0 fully saturated rings. The van der Waals surface area contributed by atoms with Crippen molar-refractivity contribution in [2.75, 3.05) is 17.9 Å². The van der Waals surface area contributed by atoms with Gasteiger partial charge in [0.15, 0.2) is 9.84 Å². The van der Waals surface area contributed by atoms with E-state index in [4.69, 9.17) is 11.6 Å². The Morgan fingerprint density at radius 1 is 1.33 bits per heavy atom. The van der Waals surface area contributed by atoms with Gasteiger partial charge < -0.3 is 5.32 Å². The van der Waals surface area contributed by atoms with E-state index < -0.39 is 27.0 Å². The maximum atomic E-state index is 11.7. The third-order valence-electron chi connectivity index (χ3n) is 2.49. The highest BCUT2D eigenvalue weighted by Crippen LogP contribution is 2.21. The van der Waals surface area contributed by atoms with Gasteiger partial charge in [0.05, 0.1) is 5.54 Å². The van der Waals surface area contributed by atoms with Crippen LogP contribution < -0.4 is 5.32 Å². The second kappa shape index (κ2) is 5.71. The lowest BCUT2D eigenvalue weighted by Crippen LogP contribution is -2.47. The van der Waals surface area contributed by atoms with E-state index in [2.05, 4.69) is 5.32 Å². The summed E-state index contributed by atoms with van der Waals surface area (Å²) in [4.78, 5) is 11.7. The number of nitrogens with one attached hydrogen (secondary N) is 1. The molecule has 6 heteroatoms. The predicted molar refractivity (Wildman–Crippen MR) is 72.4 cm³/mol. The van der Waals surface area contributed by atoms with Crippen LogP contribution in [0.4, 0.5) is 0 Å². The molecule has 0 saturated heterocycles. The third-order valence-corrected chi connectivity index (χ3v) is 3.81. The average Bonchev–Trinajstić information content (AvgIpc) is 2.27. The molecule has 1 aromatic rings. The van der Waals surface area contributed by atoms with Crippen molar-refractivity contribution in [3.05, 3.63) is 35.9 Å². The molecule has 0 aliphatic rings. The van der Waals surface area contributed by atoms with Gasteiger partial charge in [-0.25, -0.2) is 8.42 Å². The maximum Gasteiger partial charge on any atom is 0.235 e. The van der Waals surface area contributed by atoms with Crippen molar-refractivity contribution in [2.24, 2.45) is 0 Å². The van der Waals surface area contributed by atoms with E-state index in [1.165, 1.54) is 0 Å². The van der Waals surface area contributed by atoms with Crippen molar-refractivity contribution in [3.63, 3.8) is 0 Å². The van der Waals surface area contributed by atoms with Gasteiger partial charge in [-0.2, -0.15) is 0 Å². The van der Waals surface area contributed by atoms with Crippen LogP contribution in [0.1, 0.15) is 12.5 Å². The summed E-state index contributed by atoms with van der Waals surface area (Å²) in [5.41, 5.74) is 0.0618. The predicted octanol–water partition coefficient (Wildman–Crippen LogP) is 1.30. The summed E-state index contributed by atoms with van der Waals surface area (Å²) in [7, 11) is -3.34. The van der Waals surface area contributed by atoms with Crippen LogP contribution in [0.15, 0.2) is 30.3 Å². The van der Waals surface area contributed by atoms with Crippen LogP contribution in [-0.4, -0.2) is 32.2 Å². The van der Waals surface area contributed by atoms with Crippen LogP contribution in [-0.2, 0) is 20.2 Å². The summed E-state index contributed by atoms with van der Waals surface area (Å²) < 4.78 is 22.1. The molecule has 0 aromatic heterocycles. The molecule has 4 nitrogen and oxygen atoms in total. The standard InChI is InChI=1S/C12H16ClNO3S/c1-12(9-13,10-6-4-3-5-7-10)14-11(15)8-18(2,16)17/h3-7H,8-9H2,1-2H3,(H,14,15). The summed E-state index contributed by atoms with van der Waals surface area (Å²) in [6.07, 6.45) is 1.02. The van der Waals surface area contributed by atoms with E-state index in [-0.39, 0.29) is 5.88 Å². The quantitative estimate of drug-likeness (QED) is 0.831. The Balaban J connectivity index is 2.88. The zero-order valence-corrected chi connectivity index (χ0v) is 11.9. The van der Waals surface area contributed by atoms with Gasteiger partial charge in [0, 0.05) is 12.1 Å². The molecular formula is C12H16ClNO3S. The summed E-state index contributed by atoms with van der Waals surface area (Å²) in [6, 6.07) is 9.20. The molecule has 0 aliphatic carbocycles. The van der Waals surface area contributed by atoms with Gasteiger partial charge in [-0.3, -0.25) is 4.79 Å². The second-order valence-corrected chi connectivity index (χ2v) is 6.86. The smallest absolute Gasteiger partial charge is 0.235 e. The number of hydrogen-bond donors (Lipinski definition) is 1. The van der Waals surface area contributed by atoms with Gasteiger partial charge in [-0.1, -0.05) is 30.3 Å². The second-order valence-electron chi connectivity index (χ2n) is 4.45. The Hall–Kier alpha value is -1.07. The van der Waals surface area contributed by atoms with E-state index >= 15 is 0 Å². The SMILES string of the molecule is CC(CCl)(NC(=O)CS(C)(=O)=O)c1ccccc1. The zero-order valence-electron chi connectivity index (χ0n) is 10.3. The lowest BCUT2D eigenvalue weighted by atomic mass is 9.94. The molecule has 0 bridgehead atoms. The van der Waals surface area contributed by atoms with Gasteiger partial charge in [0.25, 0.3) is 0 Å². The molecular weight excluding hydrogens is 274 g/mol. The maximum absolute atomic E-state index is 11.7. The normalized spacial score (nSPS) is 14.8. The highest BCUT2D eigenvalue weighted by Gasteiger charge is 2.28. The monoisotopic (exact) mass is 289 g/mol. The van der Waals surface area contributed by atoms with Crippen LogP contribution >= 0.6 is 11.6 Å². The third kappa shape index (κ3) is 4.31. The Bertz CT molecular complexity index is 515. The van der Waals surface area contributed by atoms with Gasteiger partial charge >= 0.3 is 0 Å². The molecule has 1 unspecified atom stereocenters. The van der Waals surface area contributed by atoms with Crippen molar-refractivity contribution in [1.82, 2.24) is 5.32 Å². The zero-order chi connectivity index (χ0) is 13.8. The molecule has 0 radical (unpaired) electrons. The van der Waals surface area contributed by atoms with Crippen LogP contribution in [0.2, 0.25) is 0 Å². The molecule has 18 heavy (non-hydrogen) atoms. The minimum absolute atomic E-state index is 0.159. The Morgan fingerprint density at radius 3 is 2.33 bits per heavy atom. The van der Waals surface area contributed by atoms with Crippen LogP contribution in [0.5, 0.6) is 0 Å². The Morgan fingerprint density at radius 2 is 1.89 bits per heavy atom. The minimum atomic E-state index is -3.34. The summed E-state index contributed by atoms with van der Waals surface area (Å²) in [6.45, 7) is 1.76. The van der Waals surface area contributed by atoms with Crippen molar-refractivity contribution in [3.8, 4) is 0 Å². The topological polar surface area (TPSA) is 63.2 Å². The van der Waals surface area contributed by atoms with Crippen molar-refractivity contribution in [2.45, 2.75) is 12.5 Å². The molecule has 0 aliphatic heterocycles. The fourth-order valence-corrected chi connectivity index (χ4v) is 2.34. The number of amides is 1. The fourth-order valence-electron chi connectivity index (χ4n) is 1.57. The molecule has 0 heterocycles. The molecule has 1 N–H and O–H groups in total. The Kier molecular flexibility index (Phi) is 4.76. The molecule has 100 valence electrons. The number of carbonyl (C=O) groups is 1. The number of rotatable bonds is 5. The Labute approximate surface area is 112 Å². The van der Waals surface area contributed by atoms with E-state index in [9.17, 15) is 13.2 Å². The van der Waals surface area contributed by atoms with Crippen LogP contribution in [0.25, 0.3) is 0 Å². The first-order valence-corrected chi connectivity index (χ1v) is 7.96. The number of benzene rings is 1. The first kappa shape index (κ1) is 15.0. The van der Waals surface area contributed by atoms with Crippen molar-refractivity contribution in [1.29, 1.82) is 0 Å². The molecule has 1 aromatic carbocycles. The molecule has 1 amide bonds. The van der Waals surface area contributed by atoms with Gasteiger partial charge in [0.1, 0.15) is 5.75 Å². The van der Waals surface area contributed by atoms with Gasteiger partial charge in [0.2, 0.25) is 5.91 Å². The van der Waals surface area contributed by atoms with Crippen LogP contribution in [0.3, 0.4) is 0 Å². The van der Waals surface area contributed by atoms with E-state index in [0.29, 0.717) is 0 Å². The highest BCUT2D eigenvalue weighted by molar-refractivity contribution is 7.91.